The standard InChI is InChI=1S/C35H27ClF2N6O5/c36-24-14-29(33(45)43-35(18-39)7-8-35)40-15-21(24)17-49-32-3-1-2-27(42-32)23-13-25(37)20(10-26(23)38)12-31-41-28-5-4-19(34(46)47)11-30(28)44(31)16-22-6-9-48-22/h1-5,10-11,13-15,22H,6-9,12,16-17H2,(H,43,45)(H,46,47)/t22-/m0/s1. The van der Waals surface area contributed by atoms with Crippen molar-refractivity contribution in [3.63, 3.8) is 0 Å². The monoisotopic (exact) mass is 684 g/mol. The summed E-state index contributed by atoms with van der Waals surface area (Å²) in [4.78, 5) is 37.2. The maximum Gasteiger partial charge on any atom is 0.335 e. The van der Waals surface area contributed by atoms with E-state index in [1.54, 1.807) is 22.8 Å². The zero-order valence-electron chi connectivity index (χ0n) is 25.8. The molecule has 3 aromatic heterocycles. The molecule has 14 heteroatoms. The molecule has 0 unspecified atom stereocenters. The van der Waals surface area contributed by atoms with Gasteiger partial charge < -0.3 is 24.5 Å². The van der Waals surface area contributed by atoms with Crippen LogP contribution in [0.5, 0.6) is 5.88 Å². The SMILES string of the molecule is N#CC1(NC(=O)c2cc(Cl)c(COc3cccc(-c4cc(F)c(Cc5nc6ccc(C(=O)O)cc6n5C[C@@H]5CCO5)cc4F)n3)cn2)CC1. The second-order valence-corrected chi connectivity index (χ2v) is 12.4. The molecule has 1 saturated carbocycles. The van der Waals surface area contributed by atoms with Crippen LogP contribution in [0.1, 0.15) is 57.1 Å². The molecule has 1 saturated heterocycles. The van der Waals surface area contributed by atoms with Crippen molar-refractivity contribution in [1.29, 1.82) is 5.26 Å². The van der Waals surface area contributed by atoms with Crippen molar-refractivity contribution in [3.8, 4) is 23.2 Å². The first kappa shape index (κ1) is 32.1. The molecule has 0 bridgehead atoms. The average Bonchev–Trinajstić information content (AvgIpc) is 3.76. The minimum Gasteiger partial charge on any atom is -0.478 e. The molecule has 2 N–H and O–H groups in total. The number of amides is 1. The minimum absolute atomic E-state index is 0.0438. The average molecular weight is 685 g/mol. The van der Waals surface area contributed by atoms with E-state index in [1.807, 2.05) is 0 Å². The normalized spacial score (nSPS) is 16.1. The van der Waals surface area contributed by atoms with Gasteiger partial charge in [-0.1, -0.05) is 17.7 Å². The van der Waals surface area contributed by atoms with Crippen molar-refractivity contribution >= 4 is 34.5 Å². The maximum atomic E-state index is 15.6. The smallest absolute Gasteiger partial charge is 0.335 e. The fourth-order valence-electron chi connectivity index (χ4n) is 5.52. The Balaban J connectivity index is 1.08. The molecule has 0 radical (unpaired) electrons. The predicted molar refractivity (Wildman–Crippen MR) is 172 cm³/mol. The Labute approximate surface area is 283 Å². The van der Waals surface area contributed by atoms with Gasteiger partial charge in [0.05, 0.1) is 46.0 Å². The number of imidazole rings is 1. The van der Waals surface area contributed by atoms with E-state index >= 15 is 8.78 Å². The third kappa shape index (κ3) is 6.65. The van der Waals surface area contributed by atoms with Crippen LogP contribution >= 0.6 is 11.6 Å². The van der Waals surface area contributed by atoms with Crippen LogP contribution in [0.3, 0.4) is 0 Å². The number of rotatable bonds is 11. The predicted octanol–water partition coefficient (Wildman–Crippen LogP) is 5.87. The first-order valence-corrected chi connectivity index (χ1v) is 15.8. The van der Waals surface area contributed by atoms with E-state index in [0.29, 0.717) is 48.4 Å². The van der Waals surface area contributed by atoms with Gasteiger partial charge in [0.2, 0.25) is 5.88 Å². The number of aromatic carboxylic acids is 1. The highest BCUT2D eigenvalue weighted by Gasteiger charge is 2.45. The van der Waals surface area contributed by atoms with Gasteiger partial charge >= 0.3 is 5.97 Å². The Morgan fingerprint density at radius 1 is 1.12 bits per heavy atom. The van der Waals surface area contributed by atoms with Crippen LogP contribution in [-0.4, -0.2) is 54.8 Å². The summed E-state index contributed by atoms with van der Waals surface area (Å²) in [7, 11) is 0. The number of fused-ring (bicyclic) bond motifs is 1. The van der Waals surface area contributed by atoms with Gasteiger partial charge in [-0.3, -0.25) is 9.78 Å². The van der Waals surface area contributed by atoms with Crippen molar-refractivity contribution in [2.75, 3.05) is 6.61 Å². The van der Waals surface area contributed by atoms with E-state index in [1.165, 1.54) is 30.5 Å². The highest BCUT2D eigenvalue weighted by atomic mass is 35.5. The minimum atomic E-state index is -1.08. The number of aromatic nitrogens is 4. The third-order valence-electron chi connectivity index (χ3n) is 8.59. The molecule has 5 aromatic rings. The molecule has 2 aromatic carbocycles. The lowest BCUT2D eigenvalue weighted by atomic mass is 10.0. The number of halogens is 3. The molecule has 4 heterocycles. The summed E-state index contributed by atoms with van der Waals surface area (Å²) >= 11 is 6.37. The summed E-state index contributed by atoms with van der Waals surface area (Å²) in [6, 6.07) is 14.9. The lowest BCUT2D eigenvalue weighted by molar-refractivity contribution is -0.0589. The lowest BCUT2D eigenvalue weighted by Gasteiger charge is -2.27. The molecule has 248 valence electrons. The molecule has 11 nitrogen and oxygen atoms in total. The highest BCUT2D eigenvalue weighted by Crippen LogP contribution is 2.35. The van der Waals surface area contributed by atoms with Crippen molar-refractivity contribution in [2.45, 2.75) is 50.5 Å². The second-order valence-electron chi connectivity index (χ2n) is 12.0. The molecule has 2 aliphatic rings. The van der Waals surface area contributed by atoms with E-state index in [2.05, 4.69) is 26.3 Å². The van der Waals surface area contributed by atoms with Crippen molar-refractivity contribution in [1.82, 2.24) is 24.8 Å². The number of carbonyl (C=O) groups excluding carboxylic acids is 1. The van der Waals surface area contributed by atoms with Crippen LogP contribution in [0, 0.1) is 23.0 Å². The van der Waals surface area contributed by atoms with E-state index < -0.39 is 29.0 Å². The number of pyridine rings is 2. The number of hydrogen-bond acceptors (Lipinski definition) is 8. The van der Waals surface area contributed by atoms with Gasteiger partial charge in [-0.05, 0) is 67.3 Å². The van der Waals surface area contributed by atoms with Gasteiger partial charge in [-0.15, -0.1) is 0 Å². The van der Waals surface area contributed by atoms with E-state index in [-0.39, 0.29) is 58.1 Å². The van der Waals surface area contributed by atoms with Gasteiger partial charge in [0.1, 0.15) is 35.3 Å². The molecule has 1 amide bonds. The van der Waals surface area contributed by atoms with E-state index in [4.69, 9.17) is 21.1 Å². The van der Waals surface area contributed by atoms with Crippen molar-refractivity contribution < 1.29 is 33.0 Å². The molecule has 1 aliphatic heterocycles. The van der Waals surface area contributed by atoms with Gasteiger partial charge in [0.15, 0.2) is 0 Å². The van der Waals surface area contributed by atoms with Crippen molar-refractivity contribution in [3.05, 3.63) is 106 Å². The van der Waals surface area contributed by atoms with Crippen molar-refractivity contribution in [2.24, 2.45) is 0 Å². The van der Waals surface area contributed by atoms with Crippen LogP contribution in [0.2, 0.25) is 5.02 Å². The summed E-state index contributed by atoms with van der Waals surface area (Å²) in [6.45, 7) is 0.957. The third-order valence-corrected chi connectivity index (χ3v) is 8.94. The van der Waals surface area contributed by atoms with Gasteiger partial charge in [0, 0.05) is 36.4 Å². The molecule has 0 spiro atoms. The molecule has 2 fully saturated rings. The number of hydrogen-bond donors (Lipinski definition) is 2. The summed E-state index contributed by atoms with van der Waals surface area (Å²) in [5.41, 5.74) is 1.02. The Bertz CT molecular complexity index is 2180. The molecule has 1 aliphatic carbocycles. The Morgan fingerprint density at radius 2 is 1.94 bits per heavy atom. The largest absolute Gasteiger partial charge is 0.478 e. The first-order valence-electron chi connectivity index (χ1n) is 15.4. The van der Waals surface area contributed by atoms with Gasteiger partial charge in [-0.2, -0.15) is 5.26 Å². The van der Waals surface area contributed by atoms with E-state index in [0.717, 1.165) is 18.6 Å². The van der Waals surface area contributed by atoms with Crippen LogP contribution < -0.4 is 10.1 Å². The van der Waals surface area contributed by atoms with E-state index in [9.17, 15) is 20.0 Å². The molecule has 1 atom stereocenters. The van der Waals surface area contributed by atoms with Crippen LogP contribution in [0.25, 0.3) is 22.3 Å². The summed E-state index contributed by atoms with van der Waals surface area (Å²) in [6.07, 6.45) is 3.25. The number of benzene rings is 2. The maximum absolute atomic E-state index is 15.6. The summed E-state index contributed by atoms with van der Waals surface area (Å²) in [5, 5.41) is 21.6. The fourth-order valence-corrected chi connectivity index (χ4v) is 5.73. The van der Waals surface area contributed by atoms with Crippen LogP contribution in [0.4, 0.5) is 8.78 Å². The number of nitriles is 1. The summed E-state index contributed by atoms with van der Waals surface area (Å²) < 4.78 is 44.3. The first-order chi connectivity index (χ1) is 23.6. The highest BCUT2D eigenvalue weighted by molar-refractivity contribution is 6.31. The number of ether oxygens (including phenoxy) is 2. The molecular formula is C35H27ClF2N6O5. The molecular weight excluding hydrogens is 658 g/mol. The Kier molecular flexibility index (Phi) is 8.43. The fraction of sp³-hybridized carbons (Fsp3) is 0.257. The number of nitrogens with zero attached hydrogens (tertiary/aromatic N) is 5. The van der Waals surface area contributed by atoms with Gasteiger partial charge in [0.25, 0.3) is 5.91 Å². The van der Waals surface area contributed by atoms with Gasteiger partial charge in [-0.25, -0.2) is 23.5 Å². The Morgan fingerprint density at radius 3 is 2.63 bits per heavy atom. The summed E-state index contributed by atoms with van der Waals surface area (Å²) in [5.74, 6) is -2.38. The number of nitrogens with one attached hydrogen (secondary N) is 1. The van der Waals surface area contributed by atoms with Crippen LogP contribution in [0.15, 0.2) is 60.8 Å². The zero-order valence-corrected chi connectivity index (χ0v) is 26.5. The topological polar surface area (TPSA) is 152 Å². The lowest BCUT2D eigenvalue weighted by Crippen LogP contribution is -2.36. The molecule has 49 heavy (non-hydrogen) atoms. The second kappa shape index (κ2) is 12.9. The molecule has 7 rings (SSSR count). The zero-order chi connectivity index (χ0) is 34.3. The quantitative estimate of drug-likeness (QED) is 0.174. The number of carboxylic acid groups (broad SMARTS) is 1. The Hall–Kier alpha value is -5.45. The number of carboxylic acids is 1. The number of carbonyl (C=O) groups is 2. The van der Waals surface area contributed by atoms with Crippen LogP contribution in [-0.2, 0) is 24.3 Å².